The molecule has 4 heterocycles. The molecule has 2 aliphatic heterocycles. The Morgan fingerprint density at radius 1 is 0.978 bits per heavy atom. The van der Waals surface area contributed by atoms with Crippen LogP contribution in [-0.2, 0) is 9.53 Å². The van der Waals surface area contributed by atoms with Crippen LogP contribution in [0.5, 0.6) is 0 Å². The van der Waals surface area contributed by atoms with Crippen molar-refractivity contribution in [3.05, 3.63) is 78.1 Å². The molecule has 0 radical (unpaired) electrons. The molecule has 2 aliphatic rings. The molecule has 5 N–H and O–H groups in total. The number of likely N-dealkylation sites (tertiary alicyclic amines) is 1. The lowest BCUT2D eigenvalue weighted by Gasteiger charge is -2.31. The summed E-state index contributed by atoms with van der Waals surface area (Å²) in [7, 11) is 0. The number of carbonyl (C=O) groups excluding carboxylic acids is 1. The van der Waals surface area contributed by atoms with Gasteiger partial charge in [-0.1, -0.05) is 67.6 Å². The van der Waals surface area contributed by atoms with Gasteiger partial charge in [0.2, 0.25) is 5.95 Å². The Bertz CT molecular complexity index is 1520. The van der Waals surface area contributed by atoms with Crippen LogP contribution in [0.25, 0.3) is 11.2 Å². The van der Waals surface area contributed by atoms with Gasteiger partial charge in [0.1, 0.15) is 12.2 Å². The fourth-order valence-corrected chi connectivity index (χ4v) is 6.25. The first kappa shape index (κ1) is 30.9. The second-order valence-corrected chi connectivity index (χ2v) is 11.7. The summed E-state index contributed by atoms with van der Waals surface area (Å²) in [6.07, 6.45) is -1.61. The number of aromatic nitrogens is 4. The number of nitrogens with one attached hydrogen (secondary N) is 3. The van der Waals surface area contributed by atoms with Crippen molar-refractivity contribution < 1.29 is 19.7 Å². The Kier molecular flexibility index (Phi) is 9.55. The Labute approximate surface area is 262 Å². The van der Waals surface area contributed by atoms with Crippen LogP contribution in [0.1, 0.15) is 50.0 Å². The highest BCUT2D eigenvalue weighted by Crippen LogP contribution is 2.34. The molecule has 0 aliphatic carbocycles. The van der Waals surface area contributed by atoms with Gasteiger partial charge in [0.25, 0.3) is 5.91 Å². The summed E-state index contributed by atoms with van der Waals surface area (Å²) in [6.45, 7) is 7.90. The highest BCUT2D eigenvalue weighted by molar-refractivity contribution is 5.85. The van der Waals surface area contributed by atoms with E-state index in [1.54, 1.807) is 11.5 Å². The Morgan fingerprint density at radius 2 is 1.64 bits per heavy atom. The second kappa shape index (κ2) is 13.9. The van der Waals surface area contributed by atoms with Gasteiger partial charge in [0.15, 0.2) is 29.3 Å². The summed E-state index contributed by atoms with van der Waals surface area (Å²) in [5, 5.41) is 31.4. The zero-order valence-electron chi connectivity index (χ0n) is 25.7. The molecule has 238 valence electrons. The predicted molar refractivity (Wildman–Crippen MR) is 172 cm³/mol. The average Bonchev–Trinajstić information content (AvgIpc) is 3.62. The number of anilines is 2. The van der Waals surface area contributed by atoms with Gasteiger partial charge in [-0.2, -0.15) is 9.97 Å². The molecule has 45 heavy (non-hydrogen) atoms. The number of benzene rings is 2. The van der Waals surface area contributed by atoms with E-state index in [1.807, 2.05) is 36.4 Å². The minimum atomic E-state index is -1.41. The number of rotatable bonds is 11. The lowest BCUT2D eigenvalue weighted by molar-refractivity contribution is -0.137. The van der Waals surface area contributed by atoms with Crippen LogP contribution in [0.2, 0.25) is 0 Å². The van der Waals surface area contributed by atoms with Crippen molar-refractivity contribution in [1.29, 1.82) is 0 Å². The van der Waals surface area contributed by atoms with Gasteiger partial charge in [0, 0.05) is 38.1 Å². The first-order valence-corrected chi connectivity index (χ1v) is 15.8. The molecule has 0 bridgehead atoms. The summed E-state index contributed by atoms with van der Waals surface area (Å²) < 4.78 is 7.50. The van der Waals surface area contributed by atoms with Gasteiger partial charge < -0.3 is 35.8 Å². The summed E-state index contributed by atoms with van der Waals surface area (Å²) in [5.41, 5.74) is 3.25. The standard InChI is InChI=1S/C33H42N8O4/c1-3-34-31(44)28-26(42)27(43)32(45-28)41-20-36-25-29(38-33(39-30(25)41)37-23-15-17-40(4-2)18-16-23)35-19-24(21-11-7-5-8-12-21)22-13-9-6-10-14-22/h5-14,20,23-24,26-28,32,42-43H,3-4,15-19H2,1-2H3,(H,34,44)(H2,35,37,38,39)/t26-,27+,28-,32+/m0/s1. The van der Waals surface area contributed by atoms with E-state index in [0.29, 0.717) is 36.0 Å². The molecule has 2 aromatic heterocycles. The van der Waals surface area contributed by atoms with Gasteiger partial charge in [-0.15, -0.1) is 0 Å². The quantitative estimate of drug-likeness (QED) is 0.171. The van der Waals surface area contributed by atoms with Gasteiger partial charge >= 0.3 is 0 Å². The van der Waals surface area contributed by atoms with Crippen LogP contribution in [0, 0.1) is 0 Å². The number of likely N-dealkylation sites (N-methyl/N-ethyl adjacent to an activating group) is 1. The zero-order chi connectivity index (χ0) is 31.3. The van der Waals surface area contributed by atoms with E-state index in [4.69, 9.17) is 14.7 Å². The van der Waals surface area contributed by atoms with Gasteiger partial charge in [-0.3, -0.25) is 9.36 Å². The number of aliphatic hydroxyl groups is 2. The number of ether oxygens (including phenoxy) is 1. The summed E-state index contributed by atoms with van der Waals surface area (Å²) >= 11 is 0. The lowest BCUT2D eigenvalue weighted by atomic mass is 9.91. The molecule has 2 saturated heterocycles. The molecule has 2 fully saturated rings. The molecule has 4 aromatic rings. The first-order valence-electron chi connectivity index (χ1n) is 15.8. The van der Waals surface area contributed by atoms with Crippen LogP contribution in [-0.4, -0.2) is 97.6 Å². The van der Waals surface area contributed by atoms with E-state index in [0.717, 1.165) is 32.5 Å². The predicted octanol–water partition coefficient (Wildman–Crippen LogP) is 2.72. The molecule has 0 saturated carbocycles. The third-order valence-corrected chi connectivity index (χ3v) is 8.79. The van der Waals surface area contributed by atoms with Crippen LogP contribution in [0.15, 0.2) is 67.0 Å². The van der Waals surface area contributed by atoms with E-state index in [-0.39, 0.29) is 12.0 Å². The maximum Gasteiger partial charge on any atom is 0.252 e. The minimum Gasteiger partial charge on any atom is -0.387 e. The molecule has 12 nitrogen and oxygen atoms in total. The van der Waals surface area contributed by atoms with Crippen molar-refractivity contribution in [2.45, 2.75) is 63.2 Å². The largest absolute Gasteiger partial charge is 0.387 e. The Hall–Kier alpha value is -4.10. The SMILES string of the molecule is CCNC(=O)[C@H]1O[C@@H](n2cnc3c(NCC(c4ccccc4)c4ccccc4)nc(NC4CCN(CC)CC4)nc32)[C@H](O)[C@@H]1O. The third-order valence-electron chi connectivity index (χ3n) is 8.79. The second-order valence-electron chi connectivity index (χ2n) is 11.7. The molecular weight excluding hydrogens is 572 g/mol. The maximum atomic E-state index is 12.6. The maximum absolute atomic E-state index is 12.6. The third kappa shape index (κ3) is 6.64. The summed E-state index contributed by atoms with van der Waals surface area (Å²) in [6, 6.07) is 20.9. The molecule has 6 rings (SSSR count). The lowest BCUT2D eigenvalue weighted by Crippen LogP contribution is -2.42. The van der Waals surface area contributed by atoms with Gasteiger partial charge in [0.05, 0.1) is 6.33 Å². The van der Waals surface area contributed by atoms with E-state index in [9.17, 15) is 15.0 Å². The number of hydrogen-bond acceptors (Lipinski definition) is 10. The number of carbonyl (C=O) groups is 1. The fraction of sp³-hybridized carbons (Fsp3) is 0.455. The van der Waals surface area contributed by atoms with Crippen molar-refractivity contribution in [3.8, 4) is 0 Å². The molecular formula is C33H42N8O4. The number of imidazole rings is 1. The highest BCUT2D eigenvalue weighted by atomic mass is 16.6. The highest BCUT2D eigenvalue weighted by Gasteiger charge is 2.47. The van der Waals surface area contributed by atoms with E-state index in [2.05, 4.69) is 57.0 Å². The number of aliphatic hydroxyl groups excluding tert-OH is 2. The summed E-state index contributed by atoms with van der Waals surface area (Å²) in [4.78, 5) is 29.3. The number of nitrogens with zero attached hydrogens (tertiary/aromatic N) is 5. The van der Waals surface area contributed by atoms with Crippen molar-refractivity contribution in [2.24, 2.45) is 0 Å². The molecule has 0 spiro atoms. The fourth-order valence-electron chi connectivity index (χ4n) is 6.25. The average molecular weight is 615 g/mol. The number of hydrogen-bond donors (Lipinski definition) is 5. The van der Waals surface area contributed by atoms with Crippen molar-refractivity contribution in [1.82, 2.24) is 29.7 Å². The number of amides is 1. The normalized spacial score (nSPS) is 22.6. The molecule has 2 aromatic carbocycles. The Balaban J connectivity index is 1.34. The first-order chi connectivity index (χ1) is 22.0. The van der Waals surface area contributed by atoms with Crippen LogP contribution in [0.4, 0.5) is 11.8 Å². The molecule has 0 unspecified atom stereocenters. The van der Waals surface area contributed by atoms with Crippen molar-refractivity contribution in [2.75, 3.05) is 43.4 Å². The molecule has 12 heteroatoms. The topological polar surface area (TPSA) is 150 Å². The van der Waals surface area contributed by atoms with Gasteiger partial charge in [-0.25, -0.2) is 4.98 Å². The van der Waals surface area contributed by atoms with Crippen molar-refractivity contribution in [3.63, 3.8) is 0 Å². The monoisotopic (exact) mass is 614 g/mol. The minimum absolute atomic E-state index is 0.0438. The Morgan fingerprint density at radius 3 is 2.27 bits per heavy atom. The zero-order valence-corrected chi connectivity index (χ0v) is 25.7. The van der Waals surface area contributed by atoms with Gasteiger partial charge in [-0.05, 0) is 37.4 Å². The van der Waals surface area contributed by atoms with Crippen LogP contribution < -0.4 is 16.0 Å². The molecule has 4 atom stereocenters. The smallest absolute Gasteiger partial charge is 0.252 e. The van der Waals surface area contributed by atoms with E-state index >= 15 is 0 Å². The number of piperidine rings is 1. The van der Waals surface area contributed by atoms with E-state index < -0.39 is 30.4 Å². The van der Waals surface area contributed by atoms with Crippen LogP contribution >= 0.6 is 0 Å². The molecule has 1 amide bonds. The number of fused-ring (bicyclic) bond motifs is 1. The summed E-state index contributed by atoms with van der Waals surface area (Å²) in [5.74, 6) is 0.534. The van der Waals surface area contributed by atoms with E-state index in [1.165, 1.54) is 17.5 Å². The van der Waals surface area contributed by atoms with Crippen molar-refractivity contribution >= 4 is 28.8 Å². The van der Waals surface area contributed by atoms with Crippen LogP contribution in [0.3, 0.4) is 0 Å².